The molecule has 0 aliphatic carbocycles. The van der Waals surface area contributed by atoms with Gasteiger partial charge in [0.25, 0.3) is 5.91 Å². The van der Waals surface area contributed by atoms with E-state index in [1.54, 1.807) is 37.4 Å². The molecule has 1 N–H and O–H groups in total. The van der Waals surface area contributed by atoms with E-state index in [9.17, 15) is 22.8 Å². The molecule has 0 aromatic heterocycles. The molecular weight excluding hydrogens is 437 g/mol. The molecule has 2 aromatic rings. The molecule has 2 atom stereocenters. The van der Waals surface area contributed by atoms with Gasteiger partial charge in [-0.15, -0.1) is 0 Å². The van der Waals surface area contributed by atoms with Gasteiger partial charge in [-0.1, -0.05) is 18.2 Å². The summed E-state index contributed by atoms with van der Waals surface area (Å²) in [5.74, 6) is -1.21. The number of carbonyl (C=O) groups excluding carboxylic acids is 2. The van der Waals surface area contributed by atoms with Gasteiger partial charge in [-0.2, -0.15) is 13.2 Å². The Morgan fingerprint density at radius 1 is 1.09 bits per heavy atom. The Morgan fingerprint density at radius 2 is 1.82 bits per heavy atom. The maximum absolute atomic E-state index is 13.3. The van der Waals surface area contributed by atoms with Crippen LogP contribution in [0, 0.1) is 5.92 Å². The van der Waals surface area contributed by atoms with Crippen LogP contribution < -0.4 is 10.1 Å². The molecule has 3 rings (SSSR count). The lowest BCUT2D eigenvalue weighted by Gasteiger charge is -2.19. The maximum atomic E-state index is 13.3. The second-order valence-corrected chi connectivity index (χ2v) is 7.91. The highest BCUT2D eigenvalue weighted by atomic mass is 19.4. The molecule has 0 spiro atoms. The van der Waals surface area contributed by atoms with Crippen molar-refractivity contribution in [3.8, 4) is 5.75 Å². The third kappa shape index (κ3) is 6.04. The predicted octanol–water partition coefficient (Wildman–Crippen LogP) is 3.72. The van der Waals surface area contributed by atoms with Crippen LogP contribution in [0.1, 0.15) is 33.8 Å². The fourth-order valence-corrected chi connectivity index (χ4v) is 3.99. The molecule has 2 amide bonds. The predicted molar refractivity (Wildman–Crippen MR) is 116 cm³/mol. The zero-order chi connectivity index (χ0) is 24.0. The quantitative estimate of drug-likeness (QED) is 0.605. The average molecular weight is 464 g/mol. The summed E-state index contributed by atoms with van der Waals surface area (Å²) < 4.78 is 49.9. The molecule has 1 aliphatic rings. The van der Waals surface area contributed by atoms with Crippen LogP contribution in [0.15, 0.2) is 48.5 Å². The highest BCUT2D eigenvalue weighted by Gasteiger charge is 2.41. The van der Waals surface area contributed by atoms with Crippen molar-refractivity contribution in [2.24, 2.45) is 5.92 Å². The van der Waals surface area contributed by atoms with Gasteiger partial charge in [0.05, 0.1) is 18.6 Å². The van der Waals surface area contributed by atoms with E-state index in [2.05, 4.69) is 5.32 Å². The summed E-state index contributed by atoms with van der Waals surface area (Å²) in [6.45, 7) is 1.11. The monoisotopic (exact) mass is 464 g/mol. The third-order valence-corrected chi connectivity index (χ3v) is 5.75. The van der Waals surface area contributed by atoms with Gasteiger partial charge in [0.2, 0.25) is 5.91 Å². The van der Waals surface area contributed by atoms with E-state index in [4.69, 9.17) is 9.47 Å². The standard InChI is InChI=1S/C24H27F3N2O4/c1-32-12-4-11-28-22(30)21-15-29(23(31)16-7-9-19(33-2)10-8-16)14-20(21)17-5-3-6-18(13-17)24(25,26)27/h3,5-10,13,20-21H,4,11-12,14-15H2,1-2H3,(H,28,30)/t20-,21+/m0/s1. The normalized spacial score (nSPS) is 18.3. The minimum atomic E-state index is -4.49. The third-order valence-electron chi connectivity index (χ3n) is 5.75. The summed E-state index contributed by atoms with van der Waals surface area (Å²) in [7, 11) is 3.08. The fourth-order valence-electron chi connectivity index (χ4n) is 3.99. The first-order valence-corrected chi connectivity index (χ1v) is 10.6. The van der Waals surface area contributed by atoms with E-state index >= 15 is 0 Å². The molecule has 0 bridgehead atoms. The van der Waals surface area contributed by atoms with Crippen LogP contribution in [0.3, 0.4) is 0 Å². The summed E-state index contributed by atoms with van der Waals surface area (Å²) in [6, 6.07) is 11.5. The Morgan fingerprint density at radius 3 is 2.45 bits per heavy atom. The zero-order valence-electron chi connectivity index (χ0n) is 18.5. The second kappa shape index (κ2) is 10.7. The van der Waals surface area contributed by atoms with Crippen molar-refractivity contribution in [3.63, 3.8) is 0 Å². The van der Waals surface area contributed by atoms with Crippen molar-refractivity contribution < 1.29 is 32.2 Å². The number of hydrogen-bond donors (Lipinski definition) is 1. The van der Waals surface area contributed by atoms with Gasteiger partial charge in [-0.25, -0.2) is 0 Å². The van der Waals surface area contributed by atoms with Gasteiger partial charge < -0.3 is 19.7 Å². The topological polar surface area (TPSA) is 67.9 Å². The maximum Gasteiger partial charge on any atom is 0.416 e. The lowest BCUT2D eigenvalue weighted by molar-refractivity contribution is -0.137. The Hall–Kier alpha value is -3.07. The number of nitrogens with zero attached hydrogens (tertiary/aromatic N) is 1. The highest BCUT2D eigenvalue weighted by molar-refractivity contribution is 5.95. The highest BCUT2D eigenvalue weighted by Crippen LogP contribution is 2.37. The number of amides is 2. The van der Waals surface area contributed by atoms with Crippen LogP contribution in [0.2, 0.25) is 0 Å². The van der Waals surface area contributed by atoms with Crippen LogP contribution in [-0.2, 0) is 15.7 Å². The Balaban J connectivity index is 1.84. The van der Waals surface area contributed by atoms with Crippen LogP contribution in [0.25, 0.3) is 0 Å². The summed E-state index contributed by atoms with van der Waals surface area (Å²) in [5.41, 5.74) is 0.0193. The smallest absolute Gasteiger partial charge is 0.416 e. The number of alkyl halides is 3. The van der Waals surface area contributed by atoms with Crippen molar-refractivity contribution in [2.45, 2.75) is 18.5 Å². The molecule has 6 nitrogen and oxygen atoms in total. The lowest BCUT2D eigenvalue weighted by atomic mass is 9.87. The van der Waals surface area contributed by atoms with Crippen molar-refractivity contribution in [1.82, 2.24) is 10.2 Å². The second-order valence-electron chi connectivity index (χ2n) is 7.91. The van der Waals surface area contributed by atoms with Gasteiger partial charge in [0.15, 0.2) is 0 Å². The average Bonchev–Trinajstić information content (AvgIpc) is 3.26. The van der Waals surface area contributed by atoms with Crippen LogP contribution >= 0.6 is 0 Å². The number of rotatable bonds is 8. The van der Waals surface area contributed by atoms with E-state index in [-0.39, 0.29) is 24.9 Å². The minimum absolute atomic E-state index is 0.113. The van der Waals surface area contributed by atoms with Crippen molar-refractivity contribution in [1.29, 1.82) is 0 Å². The number of likely N-dealkylation sites (tertiary alicyclic amines) is 1. The zero-order valence-corrected chi connectivity index (χ0v) is 18.5. The molecule has 33 heavy (non-hydrogen) atoms. The number of nitrogens with one attached hydrogen (secondary N) is 1. The first-order chi connectivity index (χ1) is 15.7. The first kappa shape index (κ1) is 24.6. The molecule has 2 aromatic carbocycles. The molecule has 0 unspecified atom stereocenters. The molecule has 9 heteroatoms. The van der Waals surface area contributed by atoms with E-state index in [0.29, 0.717) is 36.4 Å². The number of carbonyl (C=O) groups is 2. The molecule has 1 aliphatic heterocycles. The largest absolute Gasteiger partial charge is 0.497 e. The molecular formula is C24H27F3N2O4. The molecule has 1 fully saturated rings. The van der Waals surface area contributed by atoms with Crippen molar-refractivity contribution in [2.75, 3.05) is 40.5 Å². The molecule has 0 saturated carbocycles. The van der Waals surface area contributed by atoms with Gasteiger partial charge in [0, 0.05) is 44.8 Å². The van der Waals surface area contributed by atoms with Gasteiger partial charge >= 0.3 is 6.18 Å². The number of ether oxygens (including phenoxy) is 2. The SMILES string of the molecule is COCCCNC(=O)[C@@H]1CN(C(=O)c2ccc(OC)cc2)C[C@H]1c1cccc(C(F)(F)F)c1. The Kier molecular flexibility index (Phi) is 7.97. The van der Waals surface area contributed by atoms with E-state index in [1.807, 2.05) is 0 Å². The van der Waals surface area contributed by atoms with E-state index < -0.39 is 23.6 Å². The molecule has 1 saturated heterocycles. The Labute approximate surface area is 190 Å². The van der Waals surface area contributed by atoms with Gasteiger partial charge in [-0.3, -0.25) is 9.59 Å². The fraction of sp³-hybridized carbons (Fsp3) is 0.417. The van der Waals surface area contributed by atoms with Crippen molar-refractivity contribution >= 4 is 11.8 Å². The minimum Gasteiger partial charge on any atom is -0.497 e. The van der Waals surface area contributed by atoms with Crippen LogP contribution in [0.4, 0.5) is 13.2 Å². The van der Waals surface area contributed by atoms with Crippen molar-refractivity contribution in [3.05, 3.63) is 65.2 Å². The number of halogens is 3. The Bertz CT molecular complexity index is 963. The number of hydrogen-bond acceptors (Lipinski definition) is 4. The van der Waals surface area contributed by atoms with Crippen LogP contribution in [0.5, 0.6) is 5.75 Å². The van der Waals surface area contributed by atoms with E-state index in [1.165, 1.54) is 18.1 Å². The first-order valence-electron chi connectivity index (χ1n) is 10.6. The summed E-state index contributed by atoms with van der Waals surface area (Å²) in [6.07, 6.45) is -3.89. The van der Waals surface area contributed by atoms with E-state index in [0.717, 1.165) is 12.1 Å². The van der Waals surface area contributed by atoms with Gasteiger partial charge in [0.1, 0.15) is 5.75 Å². The molecule has 1 heterocycles. The van der Waals surface area contributed by atoms with Crippen LogP contribution in [-0.4, -0.2) is 57.2 Å². The summed E-state index contributed by atoms with van der Waals surface area (Å²) in [4.78, 5) is 27.5. The number of methoxy groups -OCH3 is 2. The summed E-state index contributed by atoms with van der Waals surface area (Å²) in [5, 5.41) is 2.82. The number of benzene rings is 2. The lowest BCUT2D eigenvalue weighted by Crippen LogP contribution is -2.36. The van der Waals surface area contributed by atoms with Gasteiger partial charge in [-0.05, 0) is 42.3 Å². The summed E-state index contributed by atoms with van der Waals surface area (Å²) >= 11 is 0. The molecule has 0 radical (unpaired) electrons. The molecule has 178 valence electrons.